The molecule has 0 amide bonds. The Morgan fingerprint density at radius 1 is 1.89 bits per heavy atom. The fourth-order valence-corrected chi connectivity index (χ4v) is 0.780. The Balaban J connectivity index is 2.54. The summed E-state index contributed by atoms with van der Waals surface area (Å²) in [6.45, 7) is 0. The summed E-state index contributed by atoms with van der Waals surface area (Å²) in [4.78, 5) is 10.3. The van der Waals surface area contributed by atoms with Gasteiger partial charge >= 0.3 is 5.97 Å². The average Bonchev–Trinajstić information content (AvgIpc) is 2.10. The predicted octanol–water partition coefficient (Wildman–Crippen LogP) is -0.859. The molecule has 1 unspecified atom stereocenters. The summed E-state index contributed by atoms with van der Waals surface area (Å²) in [5, 5.41) is 19.6. The lowest BCUT2D eigenvalue weighted by Crippen LogP contribution is -2.34. The molecule has 4 nitrogen and oxygen atoms in total. The lowest BCUT2D eigenvalue weighted by atomic mass is 10.2. The molecule has 0 aromatic rings. The molecule has 4 heteroatoms. The second-order valence-electron chi connectivity index (χ2n) is 1.97. The first-order valence-corrected chi connectivity index (χ1v) is 2.70. The summed E-state index contributed by atoms with van der Waals surface area (Å²) in [6.07, 6.45) is -1.37. The molecule has 1 aliphatic heterocycles. The summed E-state index contributed by atoms with van der Waals surface area (Å²) in [5.41, 5.74) is 0. The van der Waals surface area contributed by atoms with Gasteiger partial charge in [-0.1, -0.05) is 0 Å². The first kappa shape index (κ1) is 5.20. The van der Waals surface area contributed by atoms with E-state index in [1.165, 1.54) is 0 Å². The molecule has 1 fully saturated rings. The minimum atomic E-state index is -1.07. The van der Waals surface area contributed by atoms with E-state index >= 15 is 0 Å². The molecule has 3 atom stereocenters. The smallest absolute Gasteiger partial charge is 0.320 e. The third kappa shape index (κ3) is 1.40. The van der Waals surface area contributed by atoms with Crippen molar-refractivity contribution < 1.29 is 16.4 Å². The van der Waals surface area contributed by atoms with Crippen LogP contribution in [-0.2, 0) is 4.79 Å². The molecule has 52 valence electrons. The summed E-state index contributed by atoms with van der Waals surface area (Å²) < 4.78 is 7.15. The van der Waals surface area contributed by atoms with E-state index in [0.717, 1.165) is 0 Å². The van der Waals surface area contributed by atoms with Crippen molar-refractivity contribution in [2.45, 2.75) is 25.1 Å². The standard InChI is InChI=1S/C5H9NO3/c7-4-2-1-3(6-4)5(8)9/h3-4,6-7H,1-2H2,(H,8,9)/t3-,4?/m0/s1/i1D/t1-,3+,4?/m1. The van der Waals surface area contributed by atoms with Crippen molar-refractivity contribution >= 4 is 5.97 Å². The average molecular weight is 132 g/mol. The summed E-state index contributed by atoms with van der Waals surface area (Å²) in [5.74, 6) is -1.07. The molecule has 0 radical (unpaired) electrons. The number of carboxylic acids is 1. The van der Waals surface area contributed by atoms with Crippen LogP contribution in [0.15, 0.2) is 0 Å². The zero-order valence-corrected chi connectivity index (χ0v) is 4.74. The van der Waals surface area contributed by atoms with Crippen LogP contribution in [0.5, 0.6) is 0 Å². The molecule has 1 heterocycles. The maximum absolute atomic E-state index is 10.3. The lowest BCUT2D eigenvalue weighted by Gasteiger charge is -2.03. The third-order valence-electron chi connectivity index (χ3n) is 1.23. The number of nitrogens with one attached hydrogen (secondary N) is 1. The SMILES string of the molecule is [2H][C@@H]1CC(O)N[C@@H]1C(=O)O. The van der Waals surface area contributed by atoms with Crippen LogP contribution in [0, 0.1) is 0 Å². The van der Waals surface area contributed by atoms with Crippen molar-refractivity contribution in [1.82, 2.24) is 5.32 Å². The van der Waals surface area contributed by atoms with Gasteiger partial charge in [0.15, 0.2) is 0 Å². The number of aliphatic hydroxyl groups is 1. The Hall–Kier alpha value is -0.610. The van der Waals surface area contributed by atoms with Crippen molar-refractivity contribution in [2.75, 3.05) is 0 Å². The van der Waals surface area contributed by atoms with E-state index in [4.69, 9.17) is 11.6 Å². The first-order chi connectivity index (χ1) is 4.61. The number of aliphatic carboxylic acids is 1. The van der Waals surface area contributed by atoms with E-state index in [0.29, 0.717) is 0 Å². The Labute approximate surface area is 53.9 Å². The molecule has 0 bridgehead atoms. The molecule has 0 aromatic heterocycles. The van der Waals surface area contributed by atoms with Crippen LogP contribution in [0.3, 0.4) is 0 Å². The first-order valence-electron chi connectivity index (χ1n) is 3.28. The molecular formula is C5H9NO3. The van der Waals surface area contributed by atoms with Crippen LogP contribution >= 0.6 is 0 Å². The Morgan fingerprint density at radius 3 is 2.78 bits per heavy atom. The van der Waals surface area contributed by atoms with Crippen LogP contribution in [0.25, 0.3) is 0 Å². The van der Waals surface area contributed by atoms with Crippen molar-refractivity contribution in [1.29, 1.82) is 0 Å². The quantitative estimate of drug-likeness (QED) is 0.434. The predicted molar refractivity (Wildman–Crippen MR) is 29.8 cm³/mol. The Kier molecular flexibility index (Phi) is 1.34. The number of carbonyl (C=O) groups is 1. The molecule has 0 aliphatic carbocycles. The lowest BCUT2D eigenvalue weighted by molar-refractivity contribution is -0.139. The molecule has 3 N–H and O–H groups in total. The largest absolute Gasteiger partial charge is 0.480 e. The van der Waals surface area contributed by atoms with E-state index in [9.17, 15) is 4.79 Å². The number of hydrogen-bond donors (Lipinski definition) is 3. The van der Waals surface area contributed by atoms with E-state index < -0.39 is 24.6 Å². The normalized spacial score (nSPS) is 44.6. The summed E-state index contributed by atoms with van der Waals surface area (Å²) in [6, 6.07) is -0.907. The van der Waals surface area contributed by atoms with E-state index in [2.05, 4.69) is 5.32 Å². The van der Waals surface area contributed by atoms with Crippen molar-refractivity contribution in [3.63, 3.8) is 0 Å². The van der Waals surface area contributed by atoms with Gasteiger partial charge in [-0.25, -0.2) is 0 Å². The zero-order valence-electron chi connectivity index (χ0n) is 5.74. The maximum Gasteiger partial charge on any atom is 0.320 e. The van der Waals surface area contributed by atoms with Crippen LogP contribution in [0.2, 0.25) is 0 Å². The Bertz CT molecular complexity index is 152. The molecule has 1 saturated heterocycles. The number of carboxylic acid groups (broad SMARTS) is 1. The highest BCUT2D eigenvalue weighted by atomic mass is 16.4. The summed E-state index contributed by atoms with van der Waals surface area (Å²) in [7, 11) is 0. The minimum absolute atomic E-state index is 0.191. The van der Waals surface area contributed by atoms with Gasteiger partial charge in [0.05, 0.1) is 0 Å². The van der Waals surface area contributed by atoms with E-state index in [1.54, 1.807) is 0 Å². The van der Waals surface area contributed by atoms with Gasteiger partial charge in [0.1, 0.15) is 12.3 Å². The molecule has 1 rings (SSSR count). The molecular weight excluding hydrogens is 122 g/mol. The fourth-order valence-electron chi connectivity index (χ4n) is 0.780. The van der Waals surface area contributed by atoms with Gasteiger partial charge in [-0.05, 0) is 12.8 Å². The van der Waals surface area contributed by atoms with Crippen molar-refractivity contribution in [3.8, 4) is 0 Å². The monoisotopic (exact) mass is 132 g/mol. The highest BCUT2D eigenvalue weighted by Crippen LogP contribution is 2.09. The highest BCUT2D eigenvalue weighted by Gasteiger charge is 2.26. The van der Waals surface area contributed by atoms with Gasteiger partial charge in [0, 0.05) is 1.37 Å². The number of hydrogen-bond acceptors (Lipinski definition) is 3. The number of rotatable bonds is 1. The number of aliphatic hydroxyl groups excluding tert-OH is 1. The minimum Gasteiger partial charge on any atom is -0.480 e. The summed E-state index contributed by atoms with van der Waals surface area (Å²) >= 11 is 0. The highest BCUT2D eigenvalue weighted by molar-refractivity contribution is 5.73. The van der Waals surface area contributed by atoms with Crippen LogP contribution in [0.1, 0.15) is 14.2 Å². The third-order valence-corrected chi connectivity index (χ3v) is 1.23. The maximum atomic E-state index is 10.3. The van der Waals surface area contributed by atoms with Gasteiger partial charge in [0.25, 0.3) is 0 Å². The second kappa shape index (κ2) is 2.33. The van der Waals surface area contributed by atoms with Crippen molar-refractivity contribution in [3.05, 3.63) is 0 Å². The van der Waals surface area contributed by atoms with Gasteiger partial charge in [-0.15, -0.1) is 0 Å². The van der Waals surface area contributed by atoms with Gasteiger partial charge < -0.3 is 10.2 Å². The molecule has 1 aliphatic rings. The molecule has 9 heavy (non-hydrogen) atoms. The molecule has 0 saturated carbocycles. The van der Waals surface area contributed by atoms with Gasteiger partial charge in [-0.3, -0.25) is 10.1 Å². The van der Waals surface area contributed by atoms with E-state index in [1.807, 2.05) is 0 Å². The van der Waals surface area contributed by atoms with Crippen molar-refractivity contribution in [2.24, 2.45) is 0 Å². The second-order valence-corrected chi connectivity index (χ2v) is 1.97. The van der Waals surface area contributed by atoms with Gasteiger partial charge in [-0.2, -0.15) is 0 Å². The van der Waals surface area contributed by atoms with Crippen LogP contribution in [-0.4, -0.2) is 28.5 Å². The Morgan fingerprint density at radius 2 is 2.56 bits per heavy atom. The van der Waals surface area contributed by atoms with Crippen LogP contribution in [0.4, 0.5) is 0 Å². The van der Waals surface area contributed by atoms with Crippen LogP contribution < -0.4 is 5.32 Å². The molecule has 0 aromatic carbocycles. The zero-order chi connectivity index (χ0) is 7.72. The topological polar surface area (TPSA) is 69.6 Å². The van der Waals surface area contributed by atoms with Gasteiger partial charge in [0.2, 0.25) is 0 Å². The fraction of sp³-hybridized carbons (Fsp3) is 0.800. The van der Waals surface area contributed by atoms with E-state index in [-0.39, 0.29) is 6.42 Å². The molecule has 0 spiro atoms.